The highest BCUT2D eigenvalue weighted by atomic mass is 35.5. The second kappa shape index (κ2) is 13.0. The van der Waals surface area contributed by atoms with Crippen LogP contribution in [0.2, 0.25) is 5.02 Å². The molecule has 2 atom stereocenters. The molecule has 1 amide bonds. The summed E-state index contributed by atoms with van der Waals surface area (Å²) in [6.07, 6.45) is 1.27. The van der Waals surface area contributed by atoms with Gasteiger partial charge in [-0.25, -0.2) is 18.3 Å². The van der Waals surface area contributed by atoms with Crippen LogP contribution in [0, 0.1) is 11.6 Å². The second-order valence-corrected chi connectivity index (χ2v) is 10.5. The number of hydrogen-bond donors (Lipinski definition) is 1. The monoisotopic (exact) mass is 624 g/mol. The van der Waals surface area contributed by atoms with Crippen molar-refractivity contribution >= 4 is 40.9 Å². The Kier molecular flexibility index (Phi) is 9.21. The van der Waals surface area contributed by atoms with Gasteiger partial charge in [-0.3, -0.25) is 9.59 Å². The van der Waals surface area contributed by atoms with Crippen molar-refractivity contribution in [2.75, 3.05) is 24.8 Å². The SMILES string of the molecule is CCC(C(=O)c1ccc(Cl)cc1)n1ncn(N(C(=O)c2c(F)ccc(C=S)c2F)N2CCNCC2c2ccccc2)c1=O. The summed E-state index contributed by atoms with van der Waals surface area (Å²) < 4.78 is 32.5. The van der Waals surface area contributed by atoms with E-state index in [9.17, 15) is 14.4 Å². The number of amides is 1. The highest BCUT2D eigenvalue weighted by Crippen LogP contribution is 2.26. The molecule has 1 aliphatic rings. The highest BCUT2D eigenvalue weighted by molar-refractivity contribution is 7.79. The molecule has 0 bridgehead atoms. The molecule has 0 aliphatic carbocycles. The Morgan fingerprint density at radius 3 is 2.53 bits per heavy atom. The van der Waals surface area contributed by atoms with E-state index in [2.05, 4.69) is 10.4 Å². The van der Waals surface area contributed by atoms with Crippen LogP contribution in [0.4, 0.5) is 8.78 Å². The van der Waals surface area contributed by atoms with Crippen LogP contribution in [0.1, 0.15) is 57.3 Å². The van der Waals surface area contributed by atoms with Gasteiger partial charge in [0.05, 0.1) is 6.04 Å². The zero-order chi connectivity index (χ0) is 30.7. The van der Waals surface area contributed by atoms with E-state index in [-0.39, 0.29) is 24.3 Å². The number of nitrogens with zero attached hydrogens (tertiary/aromatic N) is 5. The van der Waals surface area contributed by atoms with E-state index in [4.69, 9.17) is 23.8 Å². The number of piperazine rings is 1. The van der Waals surface area contributed by atoms with Gasteiger partial charge in [0.15, 0.2) is 5.78 Å². The minimum absolute atomic E-state index is 0.151. The van der Waals surface area contributed by atoms with Crippen molar-refractivity contribution < 1.29 is 18.4 Å². The smallest absolute Gasteiger partial charge is 0.313 e. The lowest BCUT2D eigenvalue weighted by molar-refractivity contribution is 0.0634. The normalized spacial score (nSPS) is 16.0. The minimum Gasteiger partial charge on any atom is -0.313 e. The molecule has 222 valence electrons. The van der Waals surface area contributed by atoms with E-state index < -0.39 is 40.9 Å². The van der Waals surface area contributed by atoms with Crippen LogP contribution in [0.15, 0.2) is 77.9 Å². The van der Waals surface area contributed by atoms with Gasteiger partial charge in [0.25, 0.3) is 5.91 Å². The maximum absolute atomic E-state index is 15.5. The Bertz CT molecular complexity index is 1710. The number of halogens is 3. The number of hydrogen-bond acceptors (Lipinski definition) is 7. The molecule has 9 nitrogen and oxygen atoms in total. The van der Waals surface area contributed by atoms with E-state index in [1.54, 1.807) is 36.2 Å². The summed E-state index contributed by atoms with van der Waals surface area (Å²) >= 11 is 10.8. The van der Waals surface area contributed by atoms with Gasteiger partial charge in [-0.05, 0) is 48.4 Å². The maximum atomic E-state index is 15.5. The molecule has 2 heterocycles. The maximum Gasteiger partial charge on any atom is 0.367 e. The Morgan fingerprint density at radius 2 is 1.86 bits per heavy atom. The fourth-order valence-electron chi connectivity index (χ4n) is 5.11. The van der Waals surface area contributed by atoms with Crippen molar-refractivity contribution in [3.05, 3.63) is 122 Å². The summed E-state index contributed by atoms with van der Waals surface area (Å²) in [6.45, 7) is 2.69. The lowest BCUT2D eigenvalue weighted by atomic mass is 10.0. The van der Waals surface area contributed by atoms with Crippen molar-refractivity contribution in [3.8, 4) is 0 Å². The first kappa shape index (κ1) is 30.4. The molecule has 0 saturated carbocycles. The van der Waals surface area contributed by atoms with Crippen molar-refractivity contribution in [2.24, 2.45) is 0 Å². The van der Waals surface area contributed by atoms with Crippen molar-refractivity contribution in [3.63, 3.8) is 0 Å². The summed E-state index contributed by atoms with van der Waals surface area (Å²) in [4.78, 5) is 41.5. The number of carbonyl (C=O) groups is 2. The van der Waals surface area contributed by atoms with Gasteiger partial charge in [0, 0.05) is 41.2 Å². The van der Waals surface area contributed by atoms with E-state index in [0.717, 1.165) is 43.9 Å². The van der Waals surface area contributed by atoms with Gasteiger partial charge in [0.1, 0.15) is 29.6 Å². The van der Waals surface area contributed by atoms with Gasteiger partial charge >= 0.3 is 5.69 Å². The third kappa shape index (κ3) is 5.91. The summed E-state index contributed by atoms with van der Waals surface area (Å²) in [7, 11) is 0. The fourth-order valence-corrected chi connectivity index (χ4v) is 5.42. The van der Waals surface area contributed by atoms with Crippen molar-refractivity contribution in [2.45, 2.75) is 25.4 Å². The predicted molar refractivity (Wildman–Crippen MR) is 162 cm³/mol. The summed E-state index contributed by atoms with van der Waals surface area (Å²) in [5, 5.41) is 11.4. The van der Waals surface area contributed by atoms with E-state index in [0.29, 0.717) is 23.7 Å². The van der Waals surface area contributed by atoms with Gasteiger partial charge in [0.2, 0.25) is 0 Å². The van der Waals surface area contributed by atoms with E-state index in [1.807, 2.05) is 30.3 Å². The second-order valence-electron chi connectivity index (χ2n) is 9.83. The first-order chi connectivity index (χ1) is 20.8. The van der Waals surface area contributed by atoms with Crippen LogP contribution in [0.25, 0.3) is 0 Å². The van der Waals surface area contributed by atoms with Crippen LogP contribution in [0.3, 0.4) is 0 Å². The van der Waals surface area contributed by atoms with E-state index in [1.165, 1.54) is 0 Å². The number of carbonyl (C=O) groups excluding carboxylic acids is 2. The largest absolute Gasteiger partial charge is 0.367 e. The van der Waals surface area contributed by atoms with Crippen LogP contribution in [0.5, 0.6) is 0 Å². The van der Waals surface area contributed by atoms with Crippen LogP contribution >= 0.6 is 23.8 Å². The minimum atomic E-state index is -1.15. The number of benzene rings is 3. The number of ketones is 1. The number of Topliss-reactive ketones (excluding diaryl/α,β-unsaturated/α-hetero) is 1. The molecule has 3 aromatic carbocycles. The first-order valence-electron chi connectivity index (χ1n) is 13.5. The number of hydrazine groups is 1. The van der Waals surface area contributed by atoms with E-state index >= 15 is 8.78 Å². The Labute approximate surface area is 256 Å². The molecule has 0 radical (unpaired) electrons. The highest BCUT2D eigenvalue weighted by Gasteiger charge is 2.38. The molecule has 5 rings (SSSR count). The zero-order valence-electron chi connectivity index (χ0n) is 23.0. The fraction of sp³-hybridized carbons (Fsp3) is 0.233. The third-order valence-corrected chi connectivity index (χ3v) is 7.79. The average Bonchev–Trinajstić information content (AvgIpc) is 3.39. The quantitative estimate of drug-likeness (QED) is 0.217. The molecule has 1 saturated heterocycles. The Balaban J connectivity index is 1.65. The van der Waals surface area contributed by atoms with Crippen LogP contribution in [-0.2, 0) is 0 Å². The standard InChI is InChI=1S/C30H27ClF2N6O3S/c1-2-24(28(40)20-8-11-22(31)12-9-20)38-30(42)37(18-35-38)39(29(41)26-23(32)13-10-21(17-43)27(26)33)36-15-14-34-16-25(36)19-6-4-3-5-7-19/h3-13,17-18,24-25,34H,2,14-16H2,1H3. The zero-order valence-corrected chi connectivity index (χ0v) is 24.6. The summed E-state index contributed by atoms with van der Waals surface area (Å²) in [5.41, 5.74) is -0.765. The van der Waals surface area contributed by atoms with Gasteiger partial charge < -0.3 is 5.32 Å². The molecule has 43 heavy (non-hydrogen) atoms. The number of aromatic nitrogens is 3. The van der Waals surface area contributed by atoms with Gasteiger partial charge in [-0.15, -0.1) is 0 Å². The summed E-state index contributed by atoms with van der Waals surface area (Å²) in [5.74, 6) is -3.81. The Hall–Kier alpha value is -4.10. The van der Waals surface area contributed by atoms with Crippen molar-refractivity contribution in [1.82, 2.24) is 24.8 Å². The predicted octanol–water partition coefficient (Wildman–Crippen LogP) is 4.50. The summed E-state index contributed by atoms with van der Waals surface area (Å²) in [6, 6.07) is 16.0. The number of rotatable bonds is 9. The van der Waals surface area contributed by atoms with Crippen LogP contribution < -0.4 is 16.1 Å². The molecule has 1 aromatic heterocycles. The third-order valence-electron chi connectivity index (χ3n) is 7.28. The molecule has 1 aliphatic heterocycles. The molecule has 0 spiro atoms. The average molecular weight is 625 g/mol. The first-order valence-corrected chi connectivity index (χ1v) is 14.4. The molecule has 13 heteroatoms. The van der Waals surface area contributed by atoms with Crippen LogP contribution in [-0.4, -0.2) is 56.2 Å². The molecule has 1 N–H and O–H groups in total. The molecular formula is C30H27ClF2N6O3S. The van der Waals surface area contributed by atoms with Crippen molar-refractivity contribution in [1.29, 1.82) is 0 Å². The number of nitrogens with one attached hydrogen (secondary N) is 1. The molecule has 2 unspecified atom stereocenters. The number of thiocarbonyl (C=S) groups is 1. The topological polar surface area (TPSA) is 92.5 Å². The lowest BCUT2D eigenvalue weighted by Crippen LogP contribution is -2.62. The molecule has 4 aromatic rings. The molecule has 1 fully saturated rings. The molecular weight excluding hydrogens is 598 g/mol. The van der Waals surface area contributed by atoms with Gasteiger partial charge in [-0.1, -0.05) is 61.1 Å². The lowest BCUT2D eigenvalue weighted by Gasteiger charge is -2.42. The Morgan fingerprint density at radius 1 is 1.14 bits per heavy atom. The van der Waals surface area contributed by atoms with Gasteiger partial charge in [-0.2, -0.15) is 19.9 Å².